The van der Waals surface area contributed by atoms with Crippen molar-refractivity contribution >= 4 is 47.6 Å². The Kier molecular flexibility index (Phi) is 10.5. The summed E-state index contributed by atoms with van der Waals surface area (Å²) in [6.45, 7) is 4.58. The maximum Gasteiger partial charge on any atom is 0.220 e. The minimum Gasteiger partial charge on any atom is -0.381 e. The summed E-state index contributed by atoms with van der Waals surface area (Å²) < 4.78 is 5.77. The number of carbonyl (C=O) groups excluding carboxylic acids is 1. The van der Waals surface area contributed by atoms with E-state index in [9.17, 15) is 4.79 Å². The normalized spacial score (nSPS) is 21.4. The number of nitrogens with one attached hydrogen (secondary N) is 2. The van der Waals surface area contributed by atoms with Gasteiger partial charge in [-0.3, -0.25) is 9.79 Å². The van der Waals surface area contributed by atoms with Crippen molar-refractivity contribution < 1.29 is 9.53 Å². The molecule has 2 aliphatic heterocycles. The van der Waals surface area contributed by atoms with Crippen LogP contribution < -0.4 is 10.6 Å². The highest BCUT2D eigenvalue weighted by atomic mass is 127. The molecule has 2 heterocycles. The third-order valence-electron chi connectivity index (χ3n) is 5.28. The minimum absolute atomic E-state index is 0. The number of guanidine groups is 1. The van der Waals surface area contributed by atoms with Gasteiger partial charge in [0.15, 0.2) is 5.96 Å². The number of rotatable bonds is 5. The van der Waals surface area contributed by atoms with Crippen molar-refractivity contribution in [3.8, 4) is 0 Å². The largest absolute Gasteiger partial charge is 0.381 e. The van der Waals surface area contributed by atoms with Gasteiger partial charge in [-0.25, -0.2) is 0 Å². The molecule has 25 heavy (non-hydrogen) atoms. The van der Waals surface area contributed by atoms with E-state index >= 15 is 0 Å². The minimum atomic E-state index is 0. The highest BCUT2D eigenvalue weighted by Gasteiger charge is 2.32. The molecule has 146 valence electrons. The summed E-state index contributed by atoms with van der Waals surface area (Å²) in [4.78, 5) is 18.3. The van der Waals surface area contributed by atoms with Gasteiger partial charge in [0.25, 0.3) is 0 Å². The van der Waals surface area contributed by atoms with Gasteiger partial charge in [0.05, 0.1) is 0 Å². The molecule has 0 aromatic heterocycles. The fourth-order valence-corrected chi connectivity index (χ4v) is 4.27. The average Bonchev–Trinajstić information content (AvgIpc) is 2.64. The summed E-state index contributed by atoms with van der Waals surface area (Å²) in [5, 5.41) is 6.31. The Morgan fingerprint density at radius 2 is 1.96 bits per heavy atom. The second-order valence-corrected chi connectivity index (χ2v) is 7.98. The Balaban J connectivity index is 0.00000312. The molecule has 0 saturated carbocycles. The number of amides is 1. The molecule has 2 fully saturated rings. The van der Waals surface area contributed by atoms with E-state index in [1.807, 2.05) is 18.8 Å². The topological polar surface area (TPSA) is 66.0 Å². The first-order valence-corrected chi connectivity index (χ1v) is 10.1. The van der Waals surface area contributed by atoms with Gasteiger partial charge in [-0.2, -0.15) is 11.8 Å². The van der Waals surface area contributed by atoms with Gasteiger partial charge in [0, 0.05) is 58.1 Å². The van der Waals surface area contributed by atoms with E-state index < -0.39 is 0 Å². The maximum atomic E-state index is 11.5. The van der Waals surface area contributed by atoms with Gasteiger partial charge in [0.2, 0.25) is 5.91 Å². The maximum absolute atomic E-state index is 11.5. The molecule has 2 saturated heterocycles. The lowest BCUT2D eigenvalue weighted by molar-refractivity contribution is -0.121. The second kappa shape index (κ2) is 11.5. The summed E-state index contributed by atoms with van der Waals surface area (Å²) in [6, 6.07) is 0. The number of hydrogen-bond acceptors (Lipinski definition) is 4. The molecule has 0 unspecified atom stereocenters. The number of thioether (sulfide) groups is 1. The van der Waals surface area contributed by atoms with Crippen molar-refractivity contribution in [2.75, 3.05) is 53.2 Å². The number of ether oxygens (including phenoxy) is 1. The molecule has 0 bridgehead atoms. The van der Waals surface area contributed by atoms with Crippen LogP contribution in [0.15, 0.2) is 4.99 Å². The molecule has 1 amide bonds. The van der Waals surface area contributed by atoms with Gasteiger partial charge in [-0.1, -0.05) is 0 Å². The fraction of sp³-hybridized carbons (Fsp3) is 0.882. The van der Waals surface area contributed by atoms with Crippen molar-refractivity contribution in [3.05, 3.63) is 0 Å². The quantitative estimate of drug-likeness (QED) is 0.355. The number of nitrogens with zero attached hydrogens (tertiary/aromatic N) is 2. The first-order valence-electron chi connectivity index (χ1n) is 8.91. The van der Waals surface area contributed by atoms with Gasteiger partial charge in [-0.05, 0) is 37.9 Å². The van der Waals surface area contributed by atoms with Crippen LogP contribution in [0.2, 0.25) is 0 Å². The van der Waals surface area contributed by atoms with Crippen LogP contribution in [0.5, 0.6) is 0 Å². The summed E-state index contributed by atoms with van der Waals surface area (Å²) in [6.07, 6.45) is 7.12. The van der Waals surface area contributed by atoms with Gasteiger partial charge >= 0.3 is 0 Å². The van der Waals surface area contributed by atoms with Crippen molar-refractivity contribution in [3.63, 3.8) is 0 Å². The Hall–Kier alpha value is -0.220. The molecule has 2 rings (SSSR count). The predicted octanol–water partition coefficient (Wildman–Crippen LogP) is 1.94. The van der Waals surface area contributed by atoms with Gasteiger partial charge in [0.1, 0.15) is 0 Å². The number of piperidine rings is 1. The molecule has 2 N–H and O–H groups in total. The lowest BCUT2D eigenvalue weighted by atomic mass is 9.93. The molecule has 0 atom stereocenters. The summed E-state index contributed by atoms with van der Waals surface area (Å²) >= 11 is 1.94. The van der Waals surface area contributed by atoms with E-state index in [0.29, 0.717) is 12.3 Å². The zero-order valence-corrected chi connectivity index (χ0v) is 18.8. The second-order valence-electron chi connectivity index (χ2n) is 6.71. The van der Waals surface area contributed by atoms with Crippen LogP contribution in [-0.2, 0) is 9.53 Å². The molecule has 0 aromatic carbocycles. The standard InChI is InChI=1S/C17H32N4O2S.HI/c1-18-15(22)12-14-4-8-21(9-5-14)16(19-2)20-13-17(24-3)6-10-23-11-7-17;/h14H,4-13H2,1-3H3,(H,18,22)(H,19,20);1H. The van der Waals surface area contributed by atoms with Crippen molar-refractivity contribution in [1.29, 1.82) is 0 Å². The Bertz CT molecular complexity index is 436. The van der Waals surface area contributed by atoms with Crippen LogP contribution in [0.25, 0.3) is 0 Å². The molecular formula is C17H33IN4O2S. The van der Waals surface area contributed by atoms with Crippen LogP contribution >= 0.6 is 35.7 Å². The van der Waals surface area contributed by atoms with Gasteiger partial charge in [-0.15, -0.1) is 24.0 Å². The van der Waals surface area contributed by atoms with Crippen LogP contribution in [0.4, 0.5) is 0 Å². The highest BCUT2D eigenvalue weighted by molar-refractivity contribution is 14.0. The van der Waals surface area contributed by atoms with E-state index in [0.717, 1.165) is 64.5 Å². The Morgan fingerprint density at radius 1 is 1.32 bits per heavy atom. The number of hydrogen-bond donors (Lipinski definition) is 2. The van der Waals surface area contributed by atoms with E-state index in [4.69, 9.17) is 4.74 Å². The third-order valence-corrected chi connectivity index (χ3v) is 6.70. The van der Waals surface area contributed by atoms with E-state index in [1.165, 1.54) is 0 Å². The Labute approximate surface area is 173 Å². The molecular weight excluding hydrogens is 451 g/mol. The molecule has 0 aliphatic carbocycles. The SMILES string of the molecule is CN=C(NCC1(SC)CCOCC1)N1CCC(CC(=O)NC)CC1.I. The summed E-state index contributed by atoms with van der Waals surface area (Å²) in [5.74, 6) is 1.64. The van der Waals surface area contributed by atoms with Crippen molar-refractivity contribution in [1.82, 2.24) is 15.5 Å². The lowest BCUT2D eigenvalue weighted by Crippen LogP contribution is -2.51. The number of likely N-dealkylation sites (tertiary alicyclic amines) is 1. The third kappa shape index (κ3) is 6.78. The summed E-state index contributed by atoms with van der Waals surface area (Å²) in [5.41, 5.74) is 0. The van der Waals surface area contributed by atoms with Gasteiger partial charge < -0.3 is 20.3 Å². The lowest BCUT2D eigenvalue weighted by Gasteiger charge is -2.38. The Morgan fingerprint density at radius 3 is 2.48 bits per heavy atom. The first-order chi connectivity index (χ1) is 11.6. The highest BCUT2D eigenvalue weighted by Crippen LogP contribution is 2.33. The zero-order chi connectivity index (χ0) is 17.4. The molecule has 8 heteroatoms. The molecule has 0 aromatic rings. The van der Waals surface area contributed by atoms with Crippen LogP contribution in [0.3, 0.4) is 0 Å². The van der Waals surface area contributed by atoms with Crippen LogP contribution in [-0.4, -0.2) is 74.7 Å². The van der Waals surface area contributed by atoms with E-state index in [-0.39, 0.29) is 34.6 Å². The molecule has 0 radical (unpaired) electrons. The smallest absolute Gasteiger partial charge is 0.220 e. The number of aliphatic imine (C=N–C) groups is 1. The number of carbonyl (C=O) groups is 1. The molecule has 6 nitrogen and oxygen atoms in total. The zero-order valence-electron chi connectivity index (χ0n) is 15.7. The fourth-order valence-electron chi connectivity index (χ4n) is 3.48. The van der Waals surface area contributed by atoms with Crippen LogP contribution in [0.1, 0.15) is 32.1 Å². The van der Waals surface area contributed by atoms with Crippen molar-refractivity contribution in [2.45, 2.75) is 36.9 Å². The van der Waals surface area contributed by atoms with Crippen molar-refractivity contribution in [2.24, 2.45) is 10.9 Å². The van der Waals surface area contributed by atoms with Crippen LogP contribution in [0, 0.1) is 5.92 Å². The predicted molar refractivity (Wildman–Crippen MR) is 116 cm³/mol. The van der Waals surface area contributed by atoms with E-state index in [2.05, 4.69) is 26.8 Å². The van der Waals surface area contributed by atoms with E-state index in [1.54, 1.807) is 7.05 Å². The molecule has 0 spiro atoms. The first kappa shape index (κ1) is 22.8. The number of halogens is 1. The monoisotopic (exact) mass is 484 g/mol. The molecule has 2 aliphatic rings. The summed E-state index contributed by atoms with van der Waals surface area (Å²) in [7, 11) is 3.57. The average molecular weight is 484 g/mol.